The molecule has 2 aliphatic heterocycles. The zero-order valence-corrected chi connectivity index (χ0v) is 12.7. The Morgan fingerprint density at radius 3 is 2.76 bits per heavy atom. The molecule has 1 aromatic heterocycles. The van der Waals surface area contributed by atoms with Crippen LogP contribution in [-0.4, -0.2) is 23.7 Å². The number of alkyl halides is 3. The van der Waals surface area contributed by atoms with Crippen molar-refractivity contribution in [3.8, 4) is 0 Å². The highest BCUT2D eigenvalue weighted by molar-refractivity contribution is 7.11. The minimum absolute atomic E-state index is 0.0507. The number of nitrogens with zero attached hydrogens (tertiary/aromatic N) is 1. The van der Waals surface area contributed by atoms with E-state index < -0.39 is 11.9 Å². The van der Waals surface area contributed by atoms with Gasteiger partial charge in [0.2, 0.25) is 0 Å². The van der Waals surface area contributed by atoms with Crippen molar-refractivity contribution in [2.75, 3.05) is 6.54 Å². The fourth-order valence-electron chi connectivity index (χ4n) is 3.15. The van der Waals surface area contributed by atoms with Crippen molar-refractivity contribution in [3.63, 3.8) is 0 Å². The SMILES string of the molecule is CCCNCc1sc(C2CC3CCC2O3)nc1C(F)(F)F. The maximum absolute atomic E-state index is 13.1. The summed E-state index contributed by atoms with van der Waals surface area (Å²) in [6.45, 7) is 2.94. The molecule has 1 aromatic rings. The quantitative estimate of drug-likeness (QED) is 0.840. The molecule has 0 saturated carbocycles. The van der Waals surface area contributed by atoms with Crippen LogP contribution in [0.2, 0.25) is 0 Å². The monoisotopic (exact) mass is 320 g/mol. The predicted octanol–water partition coefficient (Wildman–Crippen LogP) is 3.70. The van der Waals surface area contributed by atoms with Crippen LogP contribution in [0, 0.1) is 0 Å². The van der Waals surface area contributed by atoms with Gasteiger partial charge in [0, 0.05) is 12.5 Å². The Balaban J connectivity index is 1.81. The zero-order chi connectivity index (χ0) is 15.0. The second kappa shape index (κ2) is 5.85. The average molecular weight is 320 g/mol. The molecule has 3 atom stereocenters. The van der Waals surface area contributed by atoms with Crippen LogP contribution < -0.4 is 5.32 Å². The van der Waals surface area contributed by atoms with Crippen LogP contribution in [-0.2, 0) is 17.5 Å². The topological polar surface area (TPSA) is 34.1 Å². The highest BCUT2D eigenvalue weighted by Gasteiger charge is 2.45. The molecular weight excluding hydrogens is 301 g/mol. The van der Waals surface area contributed by atoms with Gasteiger partial charge >= 0.3 is 6.18 Å². The van der Waals surface area contributed by atoms with Crippen LogP contribution in [0.3, 0.4) is 0 Å². The van der Waals surface area contributed by atoms with Crippen LogP contribution in [0.4, 0.5) is 13.2 Å². The first-order chi connectivity index (χ1) is 9.99. The second-order valence-electron chi connectivity index (χ2n) is 5.71. The van der Waals surface area contributed by atoms with E-state index in [9.17, 15) is 13.2 Å². The third kappa shape index (κ3) is 3.10. The molecule has 7 heteroatoms. The molecule has 3 rings (SSSR count). The minimum atomic E-state index is -4.38. The number of halogens is 3. The average Bonchev–Trinajstić information content (AvgIpc) is 3.12. The summed E-state index contributed by atoms with van der Waals surface area (Å²) in [5.41, 5.74) is -0.714. The van der Waals surface area contributed by atoms with Crippen molar-refractivity contribution >= 4 is 11.3 Å². The van der Waals surface area contributed by atoms with Crippen molar-refractivity contribution in [3.05, 3.63) is 15.6 Å². The van der Waals surface area contributed by atoms with E-state index in [4.69, 9.17) is 4.74 Å². The second-order valence-corrected chi connectivity index (χ2v) is 6.83. The molecule has 0 aromatic carbocycles. The number of thiazole rings is 1. The number of nitrogens with one attached hydrogen (secondary N) is 1. The Labute approximate surface area is 125 Å². The summed E-state index contributed by atoms with van der Waals surface area (Å²) >= 11 is 1.20. The van der Waals surface area contributed by atoms with Crippen molar-refractivity contribution in [1.82, 2.24) is 10.3 Å². The van der Waals surface area contributed by atoms with Crippen molar-refractivity contribution in [1.29, 1.82) is 0 Å². The normalized spacial score (nSPS) is 28.5. The number of hydrogen-bond acceptors (Lipinski definition) is 4. The Morgan fingerprint density at radius 1 is 1.38 bits per heavy atom. The lowest BCUT2D eigenvalue weighted by Crippen LogP contribution is -2.17. The van der Waals surface area contributed by atoms with Crippen molar-refractivity contribution in [2.24, 2.45) is 0 Å². The molecule has 0 radical (unpaired) electrons. The highest BCUT2D eigenvalue weighted by Crippen LogP contribution is 2.47. The first-order valence-electron chi connectivity index (χ1n) is 7.42. The molecule has 2 aliphatic rings. The molecule has 0 spiro atoms. The van der Waals surface area contributed by atoms with E-state index >= 15 is 0 Å². The van der Waals surface area contributed by atoms with E-state index in [2.05, 4.69) is 10.3 Å². The maximum Gasteiger partial charge on any atom is 0.434 e. The van der Waals surface area contributed by atoms with Gasteiger partial charge in [0.15, 0.2) is 5.69 Å². The molecule has 0 aliphatic carbocycles. The summed E-state index contributed by atoms with van der Waals surface area (Å²) in [5, 5.41) is 3.64. The third-order valence-corrected chi connectivity index (χ3v) is 5.31. The van der Waals surface area contributed by atoms with Gasteiger partial charge in [-0.2, -0.15) is 13.2 Å². The van der Waals surface area contributed by atoms with Gasteiger partial charge in [-0.05, 0) is 32.2 Å². The lowest BCUT2D eigenvalue weighted by atomic mass is 9.90. The lowest BCUT2D eigenvalue weighted by Gasteiger charge is -2.15. The number of rotatable bonds is 5. The van der Waals surface area contributed by atoms with Gasteiger partial charge in [-0.25, -0.2) is 4.98 Å². The third-order valence-electron chi connectivity index (χ3n) is 4.12. The fraction of sp³-hybridized carbons (Fsp3) is 0.786. The van der Waals surface area contributed by atoms with Crippen LogP contribution in [0.5, 0.6) is 0 Å². The standard InChI is InChI=1S/C14H19F3N2OS/c1-2-5-18-7-11-12(14(15,16)17)19-13(21-11)9-6-8-3-4-10(9)20-8/h8-10,18H,2-7H2,1H3. The number of fused-ring (bicyclic) bond motifs is 2. The summed E-state index contributed by atoms with van der Waals surface area (Å²) in [5.74, 6) is 0.0507. The van der Waals surface area contributed by atoms with Gasteiger partial charge in [0.1, 0.15) is 0 Å². The van der Waals surface area contributed by atoms with E-state index in [1.54, 1.807) is 0 Å². The first kappa shape index (κ1) is 15.2. The lowest BCUT2D eigenvalue weighted by molar-refractivity contribution is -0.141. The molecule has 0 amide bonds. The predicted molar refractivity (Wildman–Crippen MR) is 74.4 cm³/mol. The van der Waals surface area contributed by atoms with E-state index in [1.165, 1.54) is 11.3 Å². The van der Waals surface area contributed by atoms with Gasteiger partial charge in [0.05, 0.1) is 22.1 Å². The first-order valence-corrected chi connectivity index (χ1v) is 8.23. The molecule has 2 fully saturated rings. The molecule has 3 unspecified atom stereocenters. The summed E-state index contributed by atoms with van der Waals surface area (Å²) < 4.78 is 45.1. The maximum atomic E-state index is 13.1. The number of hydrogen-bond donors (Lipinski definition) is 1. The smallest absolute Gasteiger partial charge is 0.374 e. The zero-order valence-electron chi connectivity index (χ0n) is 11.9. The highest BCUT2D eigenvalue weighted by atomic mass is 32.1. The summed E-state index contributed by atoms with van der Waals surface area (Å²) in [6, 6.07) is 0. The Hall–Kier alpha value is -0.660. The largest absolute Gasteiger partial charge is 0.434 e. The molecule has 2 bridgehead atoms. The van der Waals surface area contributed by atoms with Gasteiger partial charge in [-0.15, -0.1) is 11.3 Å². The van der Waals surface area contributed by atoms with Crippen LogP contribution in [0.15, 0.2) is 0 Å². The molecule has 118 valence electrons. The Morgan fingerprint density at radius 2 is 2.19 bits per heavy atom. The molecular formula is C14H19F3N2OS. The van der Waals surface area contributed by atoms with Crippen LogP contribution in [0.1, 0.15) is 54.1 Å². The molecule has 2 saturated heterocycles. The summed E-state index contributed by atoms with van der Waals surface area (Å²) in [6.07, 6.45) is -0.400. The van der Waals surface area contributed by atoms with Gasteiger partial charge in [0.25, 0.3) is 0 Å². The fourth-order valence-corrected chi connectivity index (χ4v) is 4.37. The molecule has 21 heavy (non-hydrogen) atoms. The van der Waals surface area contributed by atoms with Gasteiger partial charge < -0.3 is 10.1 Å². The summed E-state index contributed by atoms with van der Waals surface area (Å²) in [4.78, 5) is 4.23. The van der Waals surface area contributed by atoms with Crippen LogP contribution in [0.25, 0.3) is 0 Å². The van der Waals surface area contributed by atoms with Crippen LogP contribution >= 0.6 is 11.3 Å². The van der Waals surface area contributed by atoms with Crippen molar-refractivity contribution < 1.29 is 17.9 Å². The van der Waals surface area contributed by atoms with E-state index in [1.807, 2.05) is 6.92 Å². The molecule has 3 nitrogen and oxygen atoms in total. The number of ether oxygens (including phenoxy) is 1. The minimum Gasteiger partial charge on any atom is -0.374 e. The van der Waals surface area contributed by atoms with E-state index in [-0.39, 0.29) is 24.7 Å². The van der Waals surface area contributed by atoms with Crippen molar-refractivity contribution in [2.45, 2.75) is 63.5 Å². The van der Waals surface area contributed by atoms with E-state index in [0.29, 0.717) is 16.4 Å². The Bertz CT molecular complexity index is 503. The van der Waals surface area contributed by atoms with E-state index in [0.717, 1.165) is 25.7 Å². The van der Waals surface area contributed by atoms with Gasteiger partial charge in [-0.3, -0.25) is 0 Å². The molecule has 1 N–H and O–H groups in total. The van der Waals surface area contributed by atoms with Gasteiger partial charge in [-0.1, -0.05) is 6.92 Å². The number of aromatic nitrogens is 1. The molecule has 3 heterocycles. The summed E-state index contributed by atoms with van der Waals surface area (Å²) in [7, 11) is 0. The Kier molecular flexibility index (Phi) is 4.25.